The van der Waals surface area contributed by atoms with Crippen molar-refractivity contribution in [2.24, 2.45) is 5.73 Å². The highest BCUT2D eigenvalue weighted by molar-refractivity contribution is 5.85. The summed E-state index contributed by atoms with van der Waals surface area (Å²) in [6, 6.07) is 8.64. The van der Waals surface area contributed by atoms with E-state index in [1.807, 2.05) is 0 Å². The maximum Gasteiger partial charge on any atom is 0.0409 e. The molecule has 4 heteroatoms. The first kappa shape index (κ1) is 15.3. The van der Waals surface area contributed by atoms with E-state index in [2.05, 4.69) is 55.0 Å². The molecule has 0 bridgehead atoms. The van der Waals surface area contributed by atoms with Gasteiger partial charge in [0.05, 0.1) is 0 Å². The van der Waals surface area contributed by atoms with Crippen molar-refractivity contribution in [2.45, 2.75) is 25.9 Å². The van der Waals surface area contributed by atoms with Crippen LogP contribution in [0.4, 0.5) is 5.69 Å². The number of nitrogens with zero attached hydrogens (tertiary/aromatic N) is 2. The molecule has 0 saturated carbocycles. The molecule has 3 nitrogen and oxygen atoms in total. The third-order valence-corrected chi connectivity index (χ3v) is 3.18. The van der Waals surface area contributed by atoms with Crippen LogP contribution >= 0.6 is 12.4 Å². The van der Waals surface area contributed by atoms with Crippen LogP contribution in [0, 0.1) is 0 Å². The lowest BCUT2D eigenvalue weighted by Crippen LogP contribution is -2.46. The minimum Gasteiger partial charge on any atom is -0.373 e. The molecule has 0 aliphatic carbocycles. The standard InChI is InChI=1S/C14H23N3.ClH/c1-14(2,15)11-17-9-8-16(3)13-7-5-4-6-12(13)10-17;/h4-7H,8-11,15H2,1-3H3;1H. The second-order valence-electron chi connectivity index (χ2n) is 5.75. The van der Waals surface area contributed by atoms with Crippen molar-refractivity contribution in [3.63, 3.8) is 0 Å². The van der Waals surface area contributed by atoms with Crippen molar-refractivity contribution < 1.29 is 0 Å². The largest absolute Gasteiger partial charge is 0.373 e. The molecule has 1 aromatic carbocycles. The van der Waals surface area contributed by atoms with Gasteiger partial charge in [0, 0.05) is 44.5 Å². The monoisotopic (exact) mass is 269 g/mol. The Morgan fingerprint density at radius 2 is 1.89 bits per heavy atom. The molecule has 0 aromatic heterocycles. The van der Waals surface area contributed by atoms with Crippen molar-refractivity contribution in [1.29, 1.82) is 0 Å². The van der Waals surface area contributed by atoms with Gasteiger partial charge in [0.25, 0.3) is 0 Å². The van der Waals surface area contributed by atoms with Crippen molar-refractivity contribution in [3.05, 3.63) is 29.8 Å². The molecule has 0 spiro atoms. The van der Waals surface area contributed by atoms with Gasteiger partial charge in [0.2, 0.25) is 0 Å². The Morgan fingerprint density at radius 3 is 2.56 bits per heavy atom. The van der Waals surface area contributed by atoms with Crippen LogP contribution < -0.4 is 10.6 Å². The highest BCUT2D eigenvalue weighted by Gasteiger charge is 2.21. The van der Waals surface area contributed by atoms with Crippen molar-refractivity contribution in [2.75, 3.05) is 31.6 Å². The van der Waals surface area contributed by atoms with E-state index >= 15 is 0 Å². The van der Waals surface area contributed by atoms with Gasteiger partial charge in [-0.15, -0.1) is 12.4 Å². The zero-order chi connectivity index (χ0) is 12.5. The van der Waals surface area contributed by atoms with Crippen LogP contribution in [0.25, 0.3) is 0 Å². The van der Waals surface area contributed by atoms with Gasteiger partial charge in [-0.2, -0.15) is 0 Å². The molecule has 0 amide bonds. The quantitative estimate of drug-likeness (QED) is 0.893. The Hall–Kier alpha value is -0.770. The molecule has 0 saturated heterocycles. The number of likely N-dealkylation sites (N-methyl/N-ethyl adjacent to an activating group) is 1. The predicted octanol–water partition coefficient (Wildman–Crippen LogP) is 2.10. The smallest absolute Gasteiger partial charge is 0.0409 e. The SMILES string of the molecule is CN1CCN(CC(C)(C)N)Cc2ccccc21.Cl. The number of rotatable bonds is 2. The summed E-state index contributed by atoms with van der Waals surface area (Å²) in [6.07, 6.45) is 0. The van der Waals surface area contributed by atoms with Crippen molar-refractivity contribution in [1.82, 2.24) is 4.90 Å². The number of para-hydroxylation sites is 1. The predicted molar refractivity (Wildman–Crippen MR) is 80.5 cm³/mol. The van der Waals surface area contributed by atoms with Crippen LogP contribution in [0.1, 0.15) is 19.4 Å². The van der Waals surface area contributed by atoms with Gasteiger partial charge in [0.15, 0.2) is 0 Å². The van der Waals surface area contributed by atoms with Crippen LogP contribution in [0.3, 0.4) is 0 Å². The lowest BCUT2D eigenvalue weighted by molar-refractivity contribution is 0.227. The Bertz CT molecular complexity index is 387. The molecule has 1 aromatic rings. The summed E-state index contributed by atoms with van der Waals surface area (Å²) in [5.41, 5.74) is 8.74. The molecule has 1 aliphatic rings. The summed E-state index contributed by atoms with van der Waals surface area (Å²) in [7, 11) is 2.16. The zero-order valence-corrected chi connectivity index (χ0v) is 12.3. The minimum absolute atomic E-state index is 0. The first-order valence-electron chi connectivity index (χ1n) is 6.26. The first-order valence-corrected chi connectivity index (χ1v) is 6.26. The molecular weight excluding hydrogens is 246 g/mol. The highest BCUT2D eigenvalue weighted by atomic mass is 35.5. The van der Waals surface area contributed by atoms with E-state index in [0.29, 0.717) is 0 Å². The molecule has 0 radical (unpaired) electrons. The fraction of sp³-hybridized carbons (Fsp3) is 0.571. The summed E-state index contributed by atoms with van der Waals surface area (Å²) in [5.74, 6) is 0. The fourth-order valence-electron chi connectivity index (χ4n) is 2.46. The van der Waals surface area contributed by atoms with Crippen LogP contribution in [0.15, 0.2) is 24.3 Å². The number of halogens is 1. The lowest BCUT2D eigenvalue weighted by Gasteiger charge is -2.28. The zero-order valence-electron chi connectivity index (χ0n) is 11.5. The second-order valence-corrected chi connectivity index (χ2v) is 5.75. The number of anilines is 1. The number of hydrogen-bond donors (Lipinski definition) is 1. The van der Waals surface area contributed by atoms with E-state index in [1.54, 1.807) is 0 Å². The molecule has 0 fully saturated rings. The Kier molecular flexibility index (Phi) is 5.02. The normalized spacial score (nSPS) is 16.8. The third kappa shape index (κ3) is 3.87. The van der Waals surface area contributed by atoms with E-state index in [0.717, 1.165) is 26.2 Å². The van der Waals surface area contributed by atoms with E-state index in [9.17, 15) is 0 Å². The first-order chi connectivity index (χ1) is 7.96. The van der Waals surface area contributed by atoms with Crippen LogP contribution in [0.2, 0.25) is 0 Å². The molecule has 102 valence electrons. The van der Waals surface area contributed by atoms with E-state index in [1.165, 1.54) is 11.3 Å². The van der Waals surface area contributed by atoms with Gasteiger partial charge in [0.1, 0.15) is 0 Å². The van der Waals surface area contributed by atoms with Crippen LogP contribution in [-0.2, 0) is 6.54 Å². The van der Waals surface area contributed by atoms with Gasteiger partial charge in [-0.05, 0) is 25.5 Å². The average Bonchev–Trinajstić information content (AvgIpc) is 2.37. The summed E-state index contributed by atoms with van der Waals surface area (Å²) in [4.78, 5) is 4.78. The van der Waals surface area contributed by atoms with Gasteiger partial charge in [-0.3, -0.25) is 4.90 Å². The van der Waals surface area contributed by atoms with Gasteiger partial charge in [-0.1, -0.05) is 18.2 Å². The summed E-state index contributed by atoms with van der Waals surface area (Å²) in [5, 5.41) is 0. The Labute approximate surface area is 116 Å². The molecule has 0 atom stereocenters. The van der Waals surface area contributed by atoms with Crippen LogP contribution in [-0.4, -0.2) is 37.1 Å². The van der Waals surface area contributed by atoms with E-state index in [4.69, 9.17) is 5.73 Å². The number of hydrogen-bond acceptors (Lipinski definition) is 3. The summed E-state index contributed by atoms with van der Waals surface area (Å²) < 4.78 is 0. The molecule has 1 heterocycles. The van der Waals surface area contributed by atoms with Gasteiger partial charge >= 0.3 is 0 Å². The highest BCUT2D eigenvalue weighted by Crippen LogP contribution is 2.23. The van der Waals surface area contributed by atoms with Crippen molar-refractivity contribution >= 4 is 18.1 Å². The molecule has 1 aliphatic heterocycles. The molecule has 2 rings (SSSR count). The fourth-order valence-corrected chi connectivity index (χ4v) is 2.46. The van der Waals surface area contributed by atoms with Crippen molar-refractivity contribution in [3.8, 4) is 0 Å². The minimum atomic E-state index is -0.127. The molecular formula is C14H24ClN3. The second kappa shape index (κ2) is 5.91. The maximum atomic E-state index is 6.12. The van der Waals surface area contributed by atoms with Gasteiger partial charge in [-0.25, -0.2) is 0 Å². The molecule has 18 heavy (non-hydrogen) atoms. The van der Waals surface area contributed by atoms with E-state index < -0.39 is 0 Å². The van der Waals surface area contributed by atoms with Gasteiger partial charge < -0.3 is 10.6 Å². The van der Waals surface area contributed by atoms with E-state index in [-0.39, 0.29) is 17.9 Å². The summed E-state index contributed by atoms with van der Waals surface area (Å²) >= 11 is 0. The topological polar surface area (TPSA) is 32.5 Å². The number of benzene rings is 1. The van der Waals surface area contributed by atoms with Crippen LogP contribution in [0.5, 0.6) is 0 Å². The third-order valence-electron chi connectivity index (χ3n) is 3.18. The lowest BCUT2D eigenvalue weighted by atomic mass is 10.1. The summed E-state index contributed by atoms with van der Waals surface area (Å²) in [6.45, 7) is 8.26. The Balaban J connectivity index is 0.00000162. The number of nitrogens with two attached hydrogens (primary N) is 1. The Morgan fingerprint density at radius 1 is 1.22 bits per heavy atom. The average molecular weight is 270 g/mol. The molecule has 2 N–H and O–H groups in total. The number of fused-ring (bicyclic) bond motifs is 1. The molecule has 0 unspecified atom stereocenters. The maximum absolute atomic E-state index is 6.12.